The summed E-state index contributed by atoms with van der Waals surface area (Å²) in [5, 5.41) is 3.01. The summed E-state index contributed by atoms with van der Waals surface area (Å²) in [6, 6.07) is 0. The Balaban J connectivity index is 2.23. The molecule has 88 valence electrons. The molecule has 0 aromatic carbocycles. The van der Waals surface area contributed by atoms with Crippen LogP contribution in [0.4, 0.5) is 11.5 Å². The van der Waals surface area contributed by atoms with E-state index in [-0.39, 0.29) is 5.82 Å². The number of aromatic amines is 1. The van der Waals surface area contributed by atoms with E-state index in [9.17, 15) is 9.59 Å². The van der Waals surface area contributed by atoms with Gasteiger partial charge in [0, 0.05) is 13.6 Å². The molecule has 6 nitrogen and oxygen atoms in total. The zero-order valence-corrected chi connectivity index (χ0v) is 9.41. The molecule has 2 unspecified atom stereocenters. The zero-order chi connectivity index (χ0) is 11.9. The number of aromatic nitrogens is 2. The van der Waals surface area contributed by atoms with E-state index in [1.807, 2.05) is 0 Å². The van der Waals surface area contributed by atoms with Crippen molar-refractivity contribution in [3.63, 3.8) is 0 Å². The second-order valence-electron chi connectivity index (χ2n) is 4.43. The van der Waals surface area contributed by atoms with Gasteiger partial charge < -0.3 is 11.1 Å². The molecular weight excluding hydrogens is 208 g/mol. The van der Waals surface area contributed by atoms with Crippen molar-refractivity contribution >= 4 is 11.5 Å². The quantitative estimate of drug-likeness (QED) is 0.658. The third kappa shape index (κ3) is 1.82. The molecule has 6 heteroatoms. The number of rotatable bonds is 3. The summed E-state index contributed by atoms with van der Waals surface area (Å²) in [7, 11) is 1.53. The predicted molar refractivity (Wildman–Crippen MR) is 62.5 cm³/mol. The molecule has 0 radical (unpaired) electrons. The number of hydrogen-bond donors (Lipinski definition) is 3. The van der Waals surface area contributed by atoms with Crippen molar-refractivity contribution in [1.29, 1.82) is 0 Å². The van der Waals surface area contributed by atoms with Gasteiger partial charge in [-0.3, -0.25) is 14.3 Å². The molecule has 4 N–H and O–H groups in total. The van der Waals surface area contributed by atoms with Crippen LogP contribution in [0.1, 0.15) is 13.3 Å². The average molecular weight is 224 g/mol. The maximum absolute atomic E-state index is 11.5. The molecule has 1 aliphatic rings. The van der Waals surface area contributed by atoms with Crippen molar-refractivity contribution in [2.45, 2.75) is 13.3 Å². The van der Waals surface area contributed by atoms with Crippen molar-refractivity contribution in [1.82, 2.24) is 9.55 Å². The van der Waals surface area contributed by atoms with Crippen molar-refractivity contribution in [3.8, 4) is 0 Å². The lowest BCUT2D eigenvalue weighted by Gasteiger charge is -2.10. The maximum atomic E-state index is 11.5. The number of nitrogens with one attached hydrogen (secondary N) is 2. The Kier molecular flexibility index (Phi) is 2.49. The van der Waals surface area contributed by atoms with Gasteiger partial charge >= 0.3 is 5.69 Å². The van der Waals surface area contributed by atoms with E-state index in [0.29, 0.717) is 17.5 Å². The van der Waals surface area contributed by atoms with Gasteiger partial charge in [-0.1, -0.05) is 6.92 Å². The van der Waals surface area contributed by atoms with Gasteiger partial charge in [0.05, 0.1) is 0 Å². The number of nitrogen functional groups attached to an aromatic ring is 1. The number of anilines is 2. The minimum absolute atomic E-state index is 0.182. The first-order valence-electron chi connectivity index (χ1n) is 5.33. The molecule has 0 saturated heterocycles. The van der Waals surface area contributed by atoms with E-state index >= 15 is 0 Å². The predicted octanol–water partition coefficient (Wildman–Crippen LogP) is -0.276. The van der Waals surface area contributed by atoms with Gasteiger partial charge in [-0.15, -0.1) is 0 Å². The summed E-state index contributed by atoms with van der Waals surface area (Å²) in [6.45, 7) is 2.90. The highest BCUT2D eigenvalue weighted by atomic mass is 16.2. The Morgan fingerprint density at radius 1 is 1.56 bits per heavy atom. The van der Waals surface area contributed by atoms with Gasteiger partial charge in [0.15, 0.2) is 0 Å². The first kappa shape index (κ1) is 10.8. The van der Waals surface area contributed by atoms with Crippen LogP contribution in [0, 0.1) is 11.8 Å². The van der Waals surface area contributed by atoms with Crippen molar-refractivity contribution < 1.29 is 0 Å². The van der Waals surface area contributed by atoms with Gasteiger partial charge in [0.25, 0.3) is 5.56 Å². The molecule has 1 aromatic rings. The van der Waals surface area contributed by atoms with Crippen LogP contribution in [0.3, 0.4) is 0 Å². The van der Waals surface area contributed by atoms with Crippen molar-refractivity contribution in [3.05, 3.63) is 20.8 Å². The molecule has 16 heavy (non-hydrogen) atoms. The van der Waals surface area contributed by atoms with Gasteiger partial charge in [-0.25, -0.2) is 4.79 Å². The Hall–Kier alpha value is -1.72. The van der Waals surface area contributed by atoms with Gasteiger partial charge in [-0.05, 0) is 18.3 Å². The van der Waals surface area contributed by atoms with E-state index in [4.69, 9.17) is 5.73 Å². The lowest BCUT2D eigenvalue weighted by molar-refractivity contribution is 0.775. The molecular formula is C10H16N4O2. The Morgan fingerprint density at radius 3 is 2.75 bits per heavy atom. The smallest absolute Gasteiger partial charge is 0.329 e. The van der Waals surface area contributed by atoms with Crippen LogP contribution in [0.5, 0.6) is 0 Å². The lowest BCUT2D eigenvalue weighted by atomic mass is 10.3. The van der Waals surface area contributed by atoms with Crippen LogP contribution in [-0.2, 0) is 7.05 Å². The molecule has 1 aromatic heterocycles. The summed E-state index contributed by atoms with van der Waals surface area (Å²) < 4.78 is 1.22. The summed E-state index contributed by atoms with van der Waals surface area (Å²) in [6.07, 6.45) is 1.18. The maximum Gasteiger partial charge on any atom is 0.329 e. The third-order valence-electron chi connectivity index (χ3n) is 3.19. The highest BCUT2D eigenvalue weighted by Gasteiger charge is 2.32. The molecule has 2 atom stereocenters. The van der Waals surface area contributed by atoms with Gasteiger partial charge in [0.1, 0.15) is 11.5 Å². The number of nitrogens with zero attached hydrogens (tertiary/aromatic N) is 1. The van der Waals surface area contributed by atoms with E-state index in [1.165, 1.54) is 18.0 Å². The van der Waals surface area contributed by atoms with E-state index < -0.39 is 11.2 Å². The van der Waals surface area contributed by atoms with Crippen LogP contribution in [-0.4, -0.2) is 16.1 Å². The Labute approximate surface area is 92.5 Å². The first-order chi connectivity index (χ1) is 7.50. The Morgan fingerprint density at radius 2 is 2.19 bits per heavy atom. The minimum atomic E-state index is -0.493. The van der Waals surface area contributed by atoms with E-state index in [2.05, 4.69) is 17.2 Å². The molecule has 1 aliphatic carbocycles. The molecule has 1 saturated carbocycles. The third-order valence-corrected chi connectivity index (χ3v) is 3.19. The highest BCUT2D eigenvalue weighted by Crippen LogP contribution is 2.37. The highest BCUT2D eigenvalue weighted by molar-refractivity contribution is 5.60. The Bertz CT molecular complexity index is 517. The summed E-state index contributed by atoms with van der Waals surface area (Å²) >= 11 is 0. The zero-order valence-electron chi connectivity index (χ0n) is 9.41. The van der Waals surface area contributed by atoms with Crippen molar-refractivity contribution in [2.24, 2.45) is 18.9 Å². The first-order valence-corrected chi connectivity index (χ1v) is 5.33. The van der Waals surface area contributed by atoms with Crippen LogP contribution in [0.2, 0.25) is 0 Å². The SMILES string of the molecule is CC1CC1CNc1c(N)n(C)c(=O)[nH]c1=O. The van der Waals surface area contributed by atoms with Crippen molar-refractivity contribution in [2.75, 3.05) is 17.6 Å². The fourth-order valence-electron chi connectivity index (χ4n) is 1.72. The van der Waals surface area contributed by atoms with E-state index in [1.54, 1.807) is 0 Å². The second-order valence-corrected chi connectivity index (χ2v) is 4.43. The normalized spacial score (nSPS) is 23.1. The molecule has 1 heterocycles. The molecule has 0 bridgehead atoms. The molecule has 1 fully saturated rings. The van der Waals surface area contributed by atoms with Crippen LogP contribution < -0.4 is 22.3 Å². The summed E-state index contributed by atoms with van der Waals surface area (Å²) in [4.78, 5) is 24.9. The number of hydrogen-bond acceptors (Lipinski definition) is 4. The lowest BCUT2D eigenvalue weighted by Crippen LogP contribution is -2.32. The van der Waals surface area contributed by atoms with Gasteiger partial charge in [-0.2, -0.15) is 0 Å². The standard InChI is InChI=1S/C10H16N4O2/c1-5-3-6(5)4-12-7-8(11)14(2)10(16)13-9(7)15/h5-6,12H,3-4,11H2,1-2H3,(H,13,15,16). The van der Waals surface area contributed by atoms with Crippen LogP contribution in [0.25, 0.3) is 0 Å². The minimum Gasteiger partial charge on any atom is -0.383 e. The summed E-state index contributed by atoms with van der Waals surface area (Å²) in [5.41, 5.74) is 5.06. The van der Waals surface area contributed by atoms with E-state index in [0.717, 1.165) is 6.54 Å². The molecule has 0 amide bonds. The van der Waals surface area contributed by atoms with Crippen LogP contribution >= 0.6 is 0 Å². The van der Waals surface area contributed by atoms with Gasteiger partial charge in [0.2, 0.25) is 0 Å². The number of nitrogens with two attached hydrogens (primary N) is 1. The number of H-pyrrole nitrogens is 1. The monoisotopic (exact) mass is 224 g/mol. The molecule has 0 spiro atoms. The average Bonchev–Trinajstić information content (AvgIpc) is 2.91. The fraction of sp³-hybridized carbons (Fsp3) is 0.600. The molecule has 0 aliphatic heterocycles. The molecule has 2 rings (SSSR count). The van der Waals surface area contributed by atoms with Crippen LogP contribution in [0.15, 0.2) is 9.59 Å². The fourth-order valence-corrected chi connectivity index (χ4v) is 1.72. The second kappa shape index (κ2) is 3.70. The largest absolute Gasteiger partial charge is 0.383 e. The summed E-state index contributed by atoms with van der Waals surface area (Å²) in [5.74, 6) is 1.50. The topological polar surface area (TPSA) is 92.9 Å².